The molecule has 0 amide bonds. The summed E-state index contributed by atoms with van der Waals surface area (Å²) in [5, 5.41) is 7.92. The van der Waals surface area contributed by atoms with E-state index in [4.69, 9.17) is 9.47 Å². The molecule has 0 unspecified atom stereocenters. The van der Waals surface area contributed by atoms with E-state index in [0.29, 0.717) is 12.2 Å². The Morgan fingerprint density at radius 2 is 1.86 bits per heavy atom. The van der Waals surface area contributed by atoms with E-state index in [1.54, 1.807) is 11.8 Å². The number of rotatable bonds is 6. The highest BCUT2D eigenvalue weighted by Crippen LogP contribution is 2.12. The van der Waals surface area contributed by atoms with Crippen LogP contribution in [0.2, 0.25) is 0 Å². The second-order valence-corrected chi connectivity index (χ2v) is 4.64. The number of aryl methyl sites for hydroxylation is 1. The van der Waals surface area contributed by atoms with E-state index in [9.17, 15) is 4.79 Å². The molecule has 2 rings (SSSR count). The van der Waals surface area contributed by atoms with Gasteiger partial charge < -0.3 is 9.47 Å². The number of ether oxygens (including phenoxy) is 2. The van der Waals surface area contributed by atoms with Gasteiger partial charge in [0.2, 0.25) is 0 Å². The molecule has 0 saturated heterocycles. The summed E-state index contributed by atoms with van der Waals surface area (Å²) in [5.41, 5.74) is 3.18. The molecule has 2 aromatic rings. The molecule has 0 aliphatic rings. The van der Waals surface area contributed by atoms with Gasteiger partial charge in [-0.25, -0.2) is 9.48 Å². The average Bonchev–Trinajstić information content (AvgIpc) is 2.90. The van der Waals surface area contributed by atoms with E-state index >= 15 is 0 Å². The molecule has 0 radical (unpaired) electrons. The summed E-state index contributed by atoms with van der Waals surface area (Å²) in [7, 11) is 2.88. The van der Waals surface area contributed by atoms with Crippen LogP contribution < -0.4 is 0 Å². The third-order valence-electron chi connectivity index (χ3n) is 3.26. The maximum atomic E-state index is 11.7. The summed E-state index contributed by atoms with van der Waals surface area (Å²) in [5.74, 6) is -0.505. The minimum absolute atomic E-state index is 0.199. The van der Waals surface area contributed by atoms with Crippen LogP contribution in [0.3, 0.4) is 0 Å². The van der Waals surface area contributed by atoms with Crippen LogP contribution in [0.5, 0.6) is 0 Å². The number of methoxy groups -OCH3 is 2. The Balaban J connectivity index is 2.25. The SMILES string of the molecule is CCc1ccc(Cn2nnc(C(=O)OC)c2COC)cc1. The molecular formula is C15H19N3O3. The van der Waals surface area contributed by atoms with Crippen LogP contribution in [0.4, 0.5) is 0 Å². The number of aromatic nitrogens is 3. The highest BCUT2D eigenvalue weighted by molar-refractivity contribution is 5.88. The van der Waals surface area contributed by atoms with Gasteiger partial charge >= 0.3 is 5.97 Å². The van der Waals surface area contributed by atoms with Crippen molar-refractivity contribution in [2.75, 3.05) is 14.2 Å². The Hall–Kier alpha value is -2.21. The number of benzene rings is 1. The summed E-state index contributed by atoms with van der Waals surface area (Å²) < 4.78 is 11.5. The van der Waals surface area contributed by atoms with Gasteiger partial charge in [-0.2, -0.15) is 0 Å². The smallest absolute Gasteiger partial charge is 0.360 e. The topological polar surface area (TPSA) is 66.2 Å². The van der Waals surface area contributed by atoms with Crippen molar-refractivity contribution < 1.29 is 14.3 Å². The van der Waals surface area contributed by atoms with E-state index in [1.165, 1.54) is 12.7 Å². The molecule has 6 heteroatoms. The predicted octanol–water partition coefficient (Wildman–Crippen LogP) is 1.82. The van der Waals surface area contributed by atoms with Gasteiger partial charge in [-0.15, -0.1) is 5.10 Å². The molecule has 1 aromatic carbocycles. The maximum Gasteiger partial charge on any atom is 0.360 e. The molecule has 21 heavy (non-hydrogen) atoms. The van der Waals surface area contributed by atoms with E-state index in [1.807, 2.05) is 0 Å². The fraction of sp³-hybridized carbons (Fsp3) is 0.400. The first-order valence-corrected chi connectivity index (χ1v) is 6.77. The van der Waals surface area contributed by atoms with Crippen molar-refractivity contribution in [2.45, 2.75) is 26.5 Å². The average molecular weight is 289 g/mol. The monoisotopic (exact) mass is 289 g/mol. The molecule has 0 aliphatic carbocycles. The van der Waals surface area contributed by atoms with Crippen molar-refractivity contribution in [1.82, 2.24) is 15.0 Å². The molecule has 0 fully saturated rings. The quantitative estimate of drug-likeness (QED) is 0.759. The number of carbonyl (C=O) groups is 1. The molecule has 112 valence electrons. The summed E-state index contributed by atoms with van der Waals surface area (Å²) in [6.07, 6.45) is 1.00. The Morgan fingerprint density at radius 1 is 1.19 bits per heavy atom. The molecular weight excluding hydrogens is 270 g/mol. The predicted molar refractivity (Wildman–Crippen MR) is 77.0 cm³/mol. The van der Waals surface area contributed by atoms with Gasteiger partial charge in [-0.1, -0.05) is 36.4 Å². The van der Waals surface area contributed by atoms with Crippen LogP contribution in [0, 0.1) is 0 Å². The summed E-state index contributed by atoms with van der Waals surface area (Å²) >= 11 is 0. The normalized spacial score (nSPS) is 10.6. The van der Waals surface area contributed by atoms with Crippen molar-refractivity contribution in [2.24, 2.45) is 0 Å². The van der Waals surface area contributed by atoms with E-state index in [-0.39, 0.29) is 12.3 Å². The zero-order valence-corrected chi connectivity index (χ0v) is 12.5. The first-order chi connectivity index (χ1) is 10.2. The van der Waals surface area contributed by atoms with Crippen LogP contribution in [-0.2, 0) is 29.0 Å². The van der Waals surface area contributed by atoms with Crippen molar-refractivity contribution in [3.63, 3.8) is 0 Å². The molecule has 0 aliphatic heterocycles. The zero-order valence-electron chi connectivity index (χ0n) is 12.5. The summed E-state index contributed by atoms with van der Waals surface area (Å²) in [6, 6.07) is 8.27. The van der Waals surface area contributed by atoms with Crippen molar-refractivity contribution >= 4 is 5.97 Å². The molecule has 6 nitrogen and oxygen atoms in total. The number of nitrogens with zero attached hydrogens (tertiary/aromatic N) is 3. The van der Waals surface area contributed by atoms with E-state index in [0.717, 1.165) is 12.0 Å². The van der Waals surface area contributed by atoms with Crippen molar-refractivity contribution in [3.8, 4) is 0 Å². The van der Waals surface area contributed by atoms with Crippen molar-refractivity contribution in [3.05, 3.63) is 46.8 Å². The Morgan fingerprint density at radius 3 is 2.43 bits per heavy atom. The van der Waals surface area contributed by atoms with Crippen LogP contribution in [0.1, 0.15) is 34.2 Å². The molecule has 0 N–H and O–H groups in total. The second-order valence-electron chi connectivity index (χ2n) is 4.64. The lowest BCUT2D eigenvalue weighted by Gasteiger charge is -2.07. The molecule has 0 atom stereocenters. The lowest BCUT2D eigenvalue weighted by Crippen LogP contribution is -2.11. The Labute approximate surface area is 123 Å². The summed E-state index contributed by atoms with van der Waals surface area (Å²) in [6.45, 7) is 2.91. The highest BCUT2D eigenvalue weighted by Gasteiger charge is 2.20. The number of hydrogen-bond donors (Lipinski definition) is 0. The maximum absolute atomic E-state index is 11.7. The first kappa shape index (κ1) is 15.2. The van der Waals surface area contributed by atoms with E-state index < -0.39 is 5.97 Å². The van der Waals surface area contributed by atoms with Crippen LogP contribution in [0.15, 0.2) is 24.3 Å². The first-order valence-electron chi connectivity index (χ1n) is 6.77. The second kappa shape index (κ2) is 6.99. The van der Waals surface area contributed by atoms with Gasteiger partial charge in [0.1, 0.15) is 0 Å². The lowest BCUT2D eigenvalue weighted by molar-refractivity contribution is 0.0588. The molecule has 1 aromatic heterocycles. The van der Waals surface area contributed by atoms with Crippen molar-refractivity contribution in [1.29, 1.82) is 0 Å². The van der Waals surface area contributed by atoms with Crippen LogP contribution >= 0.6 is 0 Å². The highest BCUT2D eigenvalue weighted by atomic mass is 16.5. The van der Waals surface area contributed by atoms with Gasteiger partial charge in [0, 0.05) is 7.11 Å². The minimum Gasteiger partial charge on any atom is -0.464 e. The Kier molecular flexibility index (Phi) is 5.05. The third kappa shape index (κ3) is 3.46. The standard InChI is InChI=1S/C15H19N3O3/c1-4-11-5-7-12(8-6-11)9-18-13(10-20-2)14(16-17-18)15(19)21-3/h5-8H,4,9-10H2,1-3H3. The minimum atomic E-state index is -0.505. The van der Waals surface area contributed by atoms with Gasteiger partial charge in [0.25, 0.3) is 0 Å². The van der Waals surface area contributed by atoms with Gasteiger partial charge in [0.15, 0.2) is 5.69 Å². The fourth-order valence-corrected chi connectivity index (χ4v) is 2.05. The van der Waals surface area contributed by atoms with Gasteiger partial charge in [-0.3, -0.25) is 0 Å². The Bertz CT molecular complexity index is 605. The third-order valence-corrected chi connectivity index (χ3v) is 3.26. The van der Waals surface area contributed by atoms with Crippen LogP contribution in [0.25, 0.3) is 0 Å². The van der Waals surface area contributed by atoms with E-state index in [2.05, 4.69) is 41.5 Å². The summed E-state index contributed by atoms with van der Waals surface area (Å²) in [4.78, 5) is 11.7. The van der Waals surface area contributed by atoms with Gasteiger partial charge in [-0.05, 0) is 17.5 Å². The fourth-order valence-electron chi connectivity index (χ4n) is 2.05. The van der Waals surface area contributed by atoms with Gasteiger partial charge in [0.05, 0.1) is 26.0 Å². The molecule has 1 heterocycles. The molecule has 0 saturated carbocycles. The van der Waals surface area contributed by atoms with Crippen LogP contribution in [-0.4, -0.2) is 35.2 Å². The zero-order chi connectivity index (χ0) is 15.2. The molecule has 0 spiro atoms. The molecule has 0 bridgehead atoms. The largest absolute Gasteiger partial charge is 0.464 e. The number of carbonyl (C=O) groups excluding carboxylic acids is 1. The number of hydrogen-bond acceptors (Lipinski definition) is 5. The number of esters is 1. The lowest BCUT2D eigenvalue weighted by atomic mass is 10.1.